The number of aryl methyl sites for hydroxylation is 4. The van der Waals surface area contributed by atoms with Crippen LogP contribution >= 0.6 is 0 Å². The van der Waals surface area contributed by atoms with Crippen molar-refractivity contribution in [3.8, 4) is 11.3 Å². The van der Waals surface area contributed by atoms with Crippen LogP contribution in [0.25, 0.3) is 22.4 Å². The van der Waals surface area contributed by atoms with E-state index in [0.717, 1.165) is 29.2 Å². The van der Waals surface area contributed by atoms with Crippen molar-refractivity contribution in [1.29, 1.82) is 0 Å². The average molecular weight is 560 g/mol. The molecule has 0 aliphatic rings. The minimum Gasteiger partial charge on any atom is -0.323 e. The number of alkyl halides is 3. The first-order chi connectivity index (χ1) is 19.4. The second kappa shape index (κ2) is 10.5. The maximum absolute atomic E-state index is 13.4. The Kier molecular flexibility index (Phi) is 6.99. The summed E-state index contributed by atoms with van der Waals surface area (Å²) >= 11 is 0. The number of nitrogens with zero attached hydrogens (tertiary/aromatic N) is 5. The molecule has 5 aromatic rings. The van der Waals surface area contributed by atoms with Gasteiger partial charge in [0.15, 0.2) is 5.65 Å². The largest absolute Gasteiger partial charge is 0.416 e. The Hall–Kier alpha value is -5.13. The van der Waals surface area contributed by atoms with Crippen molar-refractivity contribution in [2.75, 3.05) is 10.6 Å². The Morgan fingerprint density at radius 1 is 0.951 bits per heavy atom. The molecule has 3 heterocycles. The summed E-state index contributed by atoms with van der Waals surface area (Å²) in [5, 5.41) is 5.72. The minimum absolute atomic E-state index is 0.107. The fraction of sp³-hybridized carbons (Fsp3) is 0.172. The standard InChI is InChI=1S/C29H24F3N7O2/c1-15-8-10-20(35-26(40)18-6-5-7-19(12-18)29(30,31)32)13-21(15)24-27(41)39(4)25-23(36-24)14-33-28(38-25)37-22-11-9-16(2)34-17(22)3/h5-14H,1-4H3,(H,35,40)(H,33,37,38). The second-order valence-corrected chi connectivity index (χ2v) is 9.50. The number of pyridine rings is 1. The van der Waals surface area contributed by atoms with Crippen molar-refractivity contribution in [2.45, 2.75) is 26.9 Å². The second-order valence-electron chi connectivity index (χ2n) is 9.50. The first-order valence-electron chi connectivity index (χ1n) is 12.5. The molecule has 41 heavy (non-hydrogen) atoms. The molecule has 0 bridgehead atoms. The van der Waals surface area contributed by atoms with Crippen molar-refractivity contribution in [3.05, 3.63) is 99.2 Å². The Bertz CT molecular complexity index is 1880. The van der Waals surface area contributed by atoms with Crippen LogP contribution in [-0.4, -0.2) is 30.4 Å². The van der Waals surface area contributed by atoms with Crippen LogP contribution in [0.2, 0.25) is 0 Å². The van der Waals surface area contributed by atoms with Gasteiger partial charge in [0.1, 0.15) is 11.2 Å². The predicted octanol–water partition coefficient (Wildman–Crippen LogP) is 5.73. The molecule has 2 aromatic carbocycles. The van der Waals surface area contributed by atoms with E-state index < -0.39 is 23.2 Å². The van der Waals surface area contributed by atoms with Crippen LogP contribution in [0, 0.1) is 20.8 Å². The number of hydrogen-bond acceptors (Lipinski definition) is 7. The zero-order valence-corrected chi connectivity index (χ0v) is 22.5. The molecule has 0 unspecified atom stereocenters. The smallest absolute Gasteiger partial charge is 0.323 e. The van der Waals surface area contributed by atoms with Crippen molar-refractivity contribution in [2.24, 2.45) is 7.05 Å². The molecule has 0 atom stereocenters. The van der Waals surface area contributed by atoms with E-state index in [1.54, 1.807) is 32.2 Å². The number of fused-ring (bicyclic) bond motifs is 1. The van der Waals surface area contributed by atoms with E-state index >= 15 is 0 Å². The number of hydrogen-bond donors (Lipinski definition) is 2. The molecule has 5 rings (SSSR count). The number of benzene rings is 2. The first kappa shape index (κ1) is 27.4. The van der Waals surface area contributed by atoms with Gasteiger partial charge in [-0.15, -0.1) is 0 Å². The van der Waals surface area contributed by atoms with E-state index in [2.05, 4.69) is 30.6 Å². The molecular weight excluding hydrogens is 535 g/mol. The van der Waals surface area contributed by atoms with Gasteiger partial charge >= 0.3 is 6.18 Å². The van der Waals surface area contributed by atoms with Gasteiger partial charge in [-0.2, -0.15) is 18.2 Å². The van der Waals surface area contributed by atoms with Crippen LogP contribution in [0.3, 0.4) is 0 Å². The third kappa shape index (κ3) is 5.62. The Morgan fingerprint density at radius 3 is 2.46 bits per heavy atom. The molecule has 1 amide bonds. The highest BCUT2D eigenvalue weighted by molar-refractivity contribution is 6.04. The molecule has 0 fully saturated rings. The molecule has 9 nitrogen and oxygen atoms in total. The fourth-order valence-electron chi connectivity index (χ4n) is 4.29. The van der Waals surface area contributed by atoms with Gasteiger partial charge in [0.05, 0.1) is 23.1 Å². The number of nitrogens with one attached hydrogen (secondary N) is 2. The average Bonchev–Trinajstić information content (AvgIpc) is 2.93. The number of amides is 1. The van der Waals surface area contributed by atoms with E-state index in [-0.39, 0.29) is 22.9 Å². The highest BCUT2D eigenvalue weighted by Gasteiger charge is 2.31. The zero-order chi connectivity index (χ0) is 29.5. The Morgan fingerprint density at radius 2 is 1.73 bits per heavy atom. The van der Waals surface area contributed by atoms with Crippen molar-refractivity contribution in [3.63, 3.8) is 0 Å². The van der Waals surface area contributed by atoms with Crippen molar-refractivity contribution in [1.82, 2.24) is 24.5 Å². The summed E-state index contributed by atoms with van der Waals surface area (Å²) in [6.07, 6.45) is -3.08. The van der Waals surface area contributed by atoms with Gasteiger partial charge in [-0.3, -0.25) is 19.1 Å². The van der Waals surface area contributed by atoms with Crippen LogP contribution < -0.4 is 16.2 Å². The number of carbonyl (C=O) groups is 1. The highest BCUT2D eigenvalue weighted by Crippen LogP contribution is 2.30. The molecule has 0 aliphatic heterocycles. The maximum Gasteiger partial charge on any atom is 0.416 e. The highest BCUT2D eigenvalue weighted by atomic mass is 19.4. The molecule has 0 radical (unpaired) electrons. The lowest BCUT2D eigenvalue weighted by molar-refractivity contribution is -0.137. The molecule has 0 spiro atoms. The lowest BCUT2D eigenvalue weighted by Gasteiger charge is -2.13. The molecule has 208 valence electrons. The van der Waals surface area contributed by atoms with Crippen LogP contribution in [0.15, 0.2) is 65.6 Å². The van der Waals surface area contributed by atoms with Gasteiger partial charge in [0.25, 0.3) is 11.5 Å². The topological polar surface area (TPSA) is 115 Å². The molecular formula is C29H24F3N7O2. The Balaban J connectivity index is 1.47. The monoisotopic (exact) mass is 559 g/mol. The zero-order valence-electron chi connectivity index (χ0n) is 22.5. The molecule has 0 saturated carbocycles. The van der Waals surface area contributed by atoms with Gasteiger partial charge in [-0.1, -0.05) is 12.1 Å². The Labute approximate surface area is 232 Å². The lowest BCUT2D eigenvalue weighted by atomic mass is 10.0. The molecule has 0 saturated heterocycles. The van der Waals surface area contributed by atoms with Crippen molar-refractivity contribution < 1.29 is 18.0 Å². The van der Waals surface area contributed by atoms with E-state index in [1.165, 1.54) is 22.9 Å². The predicted molar refractivity (Wildman–Crippen MR) is 149 cm³/mol. The van der Waals surface area contributed by atoms with Crippen molar-refractivity contribution >= 4 is 34.4 Å². The summed E-state index contributed by atoms with van der Waals surface area (Å²) in [5.74, 6) is -0.455. The summed E-state index contributed by atoms with van der Waals surface area (Å²) < 4.78 is 40.6. The summed E-state index contributed by atoms with van der Waals surface area (Å²) in [7, 11) is 1.57. The number of carbonyl (C=O) groups excluding carboxylic acids is 1. The summed E-state index contributed by atoms with van der Waals surface area (Å²) in [5.41, 5.74) is 3.07. The number of aromatic nitrogens is 5. The van der Waals surface area contributed by atoms with Crippen LogP contribution in [0.5, 0.6) is 0 Å². The van der Waals surface area contributed by atoms with Gasteiger partial charge < -0.3 is 10.6 Å². The summed E-state index contributed by atoms with van der Waals surface area (Å²) in [6.45, 7) is 5.53. The third-order valence-corrected chi connectivity index (χ3v) is 6.48. The SMILES string of the molecule is Cc1ccc(Nc2ncc3nc(-c4cc(NC(=O)c5cccc(C(F)(F)F)c5)ccc4C)c(=O)n(C)c3n2)c(C)n1. The van der Waals surface area contributed by atoms with E-state index in [9.17, 15) is 22.8 Å². The van der Waals surface area contributed by atoms with Gasteiger partial charge in [0.2, 0.25) is 5.95 Å². The fourth-order valence-corrected chi connectivity index (χ4v) is 4.29. The molecule has 0 aliphatic carbocycles. The van der Waals surface area contributed by atoms with Gasteiger partial charge in [0, 0.05) is 29.6 Å². The lowest BCUT2D eigenvalue weighted by Crippen LogP contribution is -2.22. The quantitative estimate of drug-likeness (QED) is 0.283. The normalized spacial score (nSPS) is 11.5. The van der Waals surface area contributed by atoms with Gasteiger partial charge in [-0.25, -0.2) is 9.97 Å². The van der Waals surface area contributed by atoms with Gasteiger partial charge in [-0.05, 0) is 68.8 Å². The minimum atomic E-state index is -4.58. The van der Waals surface area contributed by atoms with E-state index in [0.29, 0.717) is 22.3 Å². The number of rotatable bonds is 5. The third-order valence-electron chi connectivity index (χ3n) is 6.48. The van der Waals surface area contributed by atoms with E-state index in [1.807, 2.05) is 26.0 Å². The van der Waals surface area contributed by atoms with Crippen LogP contribution in [0.4, 0.5) is 30.5 Å². The first-order valence-corrected chi connectivity index (χ1v) is 12.5. The maximum atomic E-state index is 13.4. The van der Waals surface area contributed by atoms with Crippen LogP contribution in [-0.2, 0) is 13.2 Å². The molecule has 2 N–H and O–H groups in total. The van der Waals surface area contributed by atoms with Crippen LogP contribution in [0.1, 0.15) is 32.9 Å². The van der Waals surface area contributed by atoms with E-state index in [4.69, 9.17) is 0 Å². The summed E-state index contributed by atoms with van der Waals surface area (Å²) in [6, 6.07) is 12.7. The summed E-state index contributed by atoms with van der Waals surface area (Å²) in [4.78, 5) is 43.9. The number of halogens is 3. The number of anilines is 3. The molecule has 12 heteroatoms. The molecule has 3 aromatic heterocycles.